The summed E-state index contributed by atoms with van der Waals surface area (Å²) in [6, 6.07) is 7.54. The quantitative estimate of drug-likeness (QED) is 0.606. The van der Waals surface area contributed by atoms with E-state index in [1.807, 2.05) is 24.3 Å². The minimum Gasteiger partial charge on any atom is -0.501 e. The lowest BCUT2D eigenvalue weighted by Gasteiger charge is -2.26. The Morgan fingerprint density at radius 1 is 1.26 bits per heavy atom. The van der Waals surface area contributed by atoms with Gasteiger partial charge in [-0.2, -0.15) is 0 Å². The topological polar surface area (TPSA) is 122 Å². The van der Waals surface area contributed by atoms with E-state index in [4.69, 9.17) is 17.3 Å². The SMILES string of the molecule is CCC(CC(=O)O)(C(O)=S)c1nc2ccccc2s1.CN.CN. The summed E-state index contributed by atoms with van der Waals surface area (Å²) in [5.74, 6) is -1.00. The van der Waals surface area contributed by atoms with Gasteiger partial charge in [-0.05, 0) is 44.9 Å². The first-order valence-corrected chi connectivity index (χ1v) is 8.19. The van der Waals surface area contributed by atoms with Crippen LogP contribution in [0, 0.1) is 0 Å². The van der Waals surface area contributed by atoms with E-state index in [1.54, 1.807) is 6.92 Å². The van der Waals surface area contributed by atoms with Crippen LogP contribution in [0.15, 0.2) is 24.3 Å². The number of carbonyl (C=O) groups is 1. The van der Waals surface area contributed by atoms with Gasteiger partial charge >= 0.3 is 5.97 Å². The molecule has 1 unspecified atom stereocenters. The number of aliphatic hydroxyl groups is 1. The molecule has 0 amide bonds. The summed E-state index contributed by atoms with van der Waals surface area (Å²) in [4.78, 5) is 15.5. The lowest BCUT2D eigenvalue weighted by molar-refractivity contribution is -0.138. The standard InChI is InChI=1S/C13H13NO3S2.2CH5N/c1-2-13(12(17)18,7-10(15)16)11-14-8-5-3-4-6-9(8)19-11;2*1-2/h3-6H,2,7H2,1H3,(H,15,16)(H,17,18);2*2H2,1H3. The van der Waals surface area contributed by atoms with Crippen molar-refractivity contribution >= 4 is 44.8 Å². The Labute approximate surface area is 145 Å². The molecular weight excluding hydrogens is 334 g/mol. The van der Waals surface area contributed by atoms with Crippen LogP contribution >= 0.6 is 23.6 Å². The zero-order valence-corrected chi connectivity index (χ0v) is 15.1. The average Bonchev–Trinajstić information content (AvgIpc) is 3.00. The number of thiocarbonyl (C=S) groups is 1. The molecule has 0 spiro atoms. The molecule has 6 nitrogen and oxygen atoms in total. The lowest BCUT2D eigenvalue weighted by atomic mass is 9.83. The molecule has 0 fully saturated rings. The largest absolute Gasteiger partial charge is 0.501 e. The van der Waals surface area contributed by atoms with Crippen LogP contribution in [0.4, 0.5) is 0 Å². The number of carboxylic acids is 1. The van der Waals surface area contributed by atoms with E-state index in [2.05, 4.69) is 16.5 Å². The van der Waals surface area contributed by atoms with Crippen molar-refractivity contribution < 1.29 is 15.0 Å². The summed E-state index contributed by atoms with van der Waals surface area (Å²) in [5, 5.41) is 19.1. The summed E-state index contributed by atoms with van der Waals surface area (Å²) < 4.78 is 0.956. The monoisotopic (exact) mass is 357 g/mol. The van der Waals surface area contributed by atoms with Gasteiger partial charge in [0.15, 0.2) is 5.05 Å². The molecule has 1 aromatic heterocycles. The molecule has 0 aliphatic heterocycles. The molecule has 0 radical (unpaired) electrons. The number of hydrogen-bond acceptors (Lipinski definition) is 6. The molecule has 0 bridgehead atoms. The van der Waals surface area contributed by atoms with Gasteiger partial charge in [-0.15, -0.1) is 11.3 Å². The van der Waals surface area contributed by atoms with Crippen LogP contribution in [-0.2, 0) is 10.2 Å². The number of rotatable bonds is 5. The summed E-state index contributed by atoms with van der Waals surface area (Å²) in [5.41, 5.74) is 8.71. The first-order valence-electron chi connectivity index (χ1n) is 6.96. The number of nitrogens with two attached hydrogens (primary N) is 2. The smallest absolute Gasteiger partial charge is 0.304 e. The molecule has 1 heterocycles. The van der Waals surface area contributed by atoms with Gasteiger partial charge in [-0.25, -0.2) is 4.98 Å². The maximum absolute atomic E-state index is 11.1. The fraction of sp³-hybridized carbons (Fsp3) is 0.400. The molecule has 0 aliphatic rings. The van der Waals surface area contributed by atoms with Gasteiger partial charge in [0.1, 0.15) is 10.4 Å². The van der Waals surface area contributed by atoms with Crippen molar-refractivity contribution in [3.63, 3.8) is 0 Å². The van der Waals surface area contributed by atoms with Gasteiger partial charge < -0.3 is 21.7 Å². The third kappa shape index (κ3) is 4.93. The number of thiazole rings is 1. The highest BCUT2D eigenvalue weighted by Crippen LogP contribution is 2.37. The summed E-state index contributed by atoms with van der Waals surface area (Å²) in [6.07, 6.45) is 0.146. The van der Waals surface area contributed by atoms with Crippen LogP contribution in [0.5, 0.6) is 0 Å². The molecule has 128 valence electrons. The maximum atomic E-state index is 11.1. The highest BCUT2D eigenvalue weighted by atomic mass is 32.1. The third-order valence-corrected chi connectivity index (χ3v) is 4.80. The Balaban J connectivity index is 0.00000112. The molecule has 0 saturated carbocycles. The number of hydrogen-bond donors (Lipinski definition) is 4. The van der Waals surface area contributed by atoms with Gasteiger partial charge in [0.05, 0.1) is 16.6 Å². The molecule has 0 aliphatic carbocycles. The molecular formula is C15H23N3O3S2. The van der Waals surface area contributed by atoms with Gasteiger partial charge in [0.2, 0.25) is 0 Å². The molecule has 0 saturated heterocycles. The molecule has 2 rings (SSSR count). The Morgan fingerprint density at radius 2 is 1.83 bits per heavy atom. The number of para-hydroxylation sites is 1. The number of aromatic nitrogens is 1. The Hall–Kier alpha value is -1.61. The van der Waals surface area contributed by atoms with Gasteiger partial charge in [-0.1, -0.05) is 19.1 Å². The Kier molecular flexibility index (Phi) is 9.50. The molecule has 2 aromatic rings. The van der Waals surface area contributed by atoms with E-state index in [-0.39, 0.29) is 11.5 Å². The minimum absolute atomic E-state index is 0.251. The van der Waals surface area contributed by atoms with Crippen LogP contribution in [0.25, 0.3) is 10.2 Å². The second-order valence-corrected chi connectivity index (χ2v) is 5.72. The van der Waals surface area contributed by atoms with Crippen molar-refractivity contribution in [2.24, 2.45) is 11.5 Å². The number of carboxylic acid groups (broad SMARTS) is 1. The van der Waals surface area contributed by atoms with Crippen LogP contribution < -0.4 is 11.5 Å². The second-order valence-electron chi connectivity index (χ2n) is 4.30. The number of benzene rings is 1. The summed E-state index contributed by atoms with van der Waals surface area (Å²) in [6.45, 7) is 1.80. The number of aliphatic hydroxyl groups excluding tert-OH is 1. The van der Waals surface area contributed by atoms with E-state index in [1.165, 1.54) is 25.4 Å². The van der Waals surface area contributed by atoms with E-state index in [9.17, 15) is 9.90 Å². The predicted molar refractivity (Wildman–Crippen MR) is 99.3 cm³/mol. The minimum atomic E-state index is -1.08. The van der Waals surface area contributed by atoms with Crippen molar-refractivity contribution in [1.82, 2.24) is 4.98 Å². The zero-order valence-electron chi connectivity index (χ0n) is 13.4. The van der Waals surface area contributed by atoms with E-state index < -0.39 is 11.4 Å². The first kappa shape index (κ1) is 21.4. The summed E-state index contributed by atoms with van der Waals surface area (Å²) in [7, 11) is 3.00. The number of nitrogens with zero attached hydrogens (tertiary/aromatic N) is 1. The molecule has 1 aromatic carbocycles. The highest BCUT2D eigenvalue weighted by molar-refractivity contribution is 7.80. The molecule has 23 heavy (non-hydrogen) atoms. The Bertz CT molecular complexity index is 613. The van der Waals surface area contributed by atoms with Crippen LogP contribution in [0.3, 0.4) is 0 Å². The van der Waals surface area contributed by atoms with E-state index in [0.29, 0.717) is 11.4 Å². The fourth-order valence-corrected chi connectivity index (χ4v) is 3.61. The van der Waals surface area contributed by atoms with Crippen molar-refractivity contribution in [3.8, 4) is 0 Å². The van der Waals surface area contributed by atoms with Crippen molar-refractivity contribution in [3.05, 3.63) is 29.3 Å². The molecule has 6 N–H and O–H groups in total. The molecule has 1 atom stereocenters. The lowest BCUT2D eigenvalue weighted by Crippen LogP contribution is -2.36. The zero-order chi connectivity index (χ0) is 18.0. The third-order valence-electron chi connectivity index (χ3n) is 3.17. The number of fused-ring (bicyclic) bond motifs is 1. The van der Waals surface area contributed by atoms with Crippen molar-refractivity contribution in [1.29, 1.82) is 0 Å². The maximum Gasteiger partial charge on any atom is 0.304 e. The predicted octanol–water partition coefficient (Wildman–Crippen LogP) is 2.45. The van der Waals surface area contributed by atoms with E-state index >= 15 is 0 Å². The summed E-state index contributed by atoms with van der Waals surface area (Å²) >= 11 is 6.27. The van der Waals surface area contributed by atoms with Gasteiger partial charge in [0.25, 0.3) is 0 Å². The van der Waals surface area contributed by atoms with Gasteiger partial charge in [0, 0.05) is 0 Å². The Morgan fingerprint density at radius 3 is 2.26 bits per heavy atom. The van der Waals surface area contributed by atoms with Crippen LogP contribution in [0.2, 0.25) is 0 Å². The van der Waals surface area contributed by atoms with Crippen LogP contribution in [0.1, 0.15) is 24.8 Å². The van der Waals surface area contributed by atoms with Crippen molar-refractivity contribution in [2.75, 3.05) is 14.1 Å². The first-order chi connectivity index (χ1) is 11.0. The number of aliphatic carboxylic acids is 1. The molecule has 8 heteroatoms. The van der Waals surface area contributed by atoms with E-state index in [0.717, 1.165) is 10.2 Å². The average molecular weight is 358 g/mol. The van der Waals surface area contributed by atoms with Crippen LogP contribution in [-0.4, -0.2) is 40.3 Å². The normalized spacial score (nSPS) is 12.2. The van der Waals surface area contributed by atoms with Gasteiger partial charge in [-0.3, -0.25) is 4.79 Å². The fourth-order valence-electron chi connectivity index (χ4n) is 2.01. The van der Waals surface area contributed by atoms with Crippen molar-refractivity contribution in [2.45, 2.75) is 25.2 Å². The second kappa shape index (κ2) is 10.2. The highest BCUT2D eigenvalue weighted by Gasteiger charge is 2.40.